The molecule has 0 fully saturated rings. The van der Waals surface area contributed by atoms with Crippen LogP contribution in [0.1, 0.15) is 27.7 Å². The lowest BCUT2D eigenvalue weighted by molar-refractivity contribution is -0.384. The van der Waals surface area contributed by atoms with Crippen LogP contribution in [0.5, 0.6) is 0 Å². The van der Waals surface area contributed by atoms with Gasteiger partial charge in [-0.1, -0.05) is 0 Å². The van der Waals surface area contributed by atoms with Crippen LogP contribution >= 0.6 is 0 Å². The fourth-order valence-electron chi connectivity index (χ4n) is 2.75. The maximum Gasteiger partial charge on any atom is 0.322 e. The highest BCUT2D eigenvalue weighted by Crippen LogP contribution is 2.16. The number of carbonyl (C=O) groups is 3. The molecule has 1 rings (SSSR count). The average molecular weight is 407 g/mol. The van der Waals surface area contributed by atoms with Crippen molar-refractivity contribution >= 4 is 29.2 Å². The lowest BCUT2D eigenvalue weighted by Gasteiger charge is -2.28. The van der Waals surface area contributed by atoms with Gasteiger partial charge in [0.05, 0.1) is 4.92 Å². The zero-order valence-corrected chi connectivity index (χ0v) is 17.4. The molecule has 0 aliphatic carbocycles. The van der Waals surface area contributed by atoms with Crippen LogP contribution < -0.4 is 5.32 Å². The van der Waals surface area contributed by atoms with Gasteiger partial charge >= 0.3 is 6.03 Å². The zero-order chi connectivity index (χ0) is 22.0. The molecule has 0 heterocycles. The summed E-state index contributed by atoms with van der Waals surface area (Å²) in [5.74, 6) is -0.526. The van der Waals surface area contributed by atoms with Gasteiger partial charge in [-0.25, -0.2) is 4.79 Å². The van der Waals surface area contributed by atoms with Gasteiger partial charge in [0.2, 0.25) is 11.8 Å². The molecule has 0 atom stereocenters. The van der Waals surface area contributed by atoms with E-state index in [0.717, 1.165) is 4.90 Å². The molecule has 0 radical (unpaired) electrons. The van der Waals surface area contributed by atoms with Crippen LogP contribution in [0.3, 0.4) is 0 Å². The van der Waals surface area contributed by atoms with Gasteiger partial charge in [0.1, 0.15) is 13.1 Å². The van der Waals surface area contributed by atoms with E-state index in [1.54, 1.807) is 9.80 Å². The van der Waals surface area contributed by atoms with Crippen molar-refractivity contribution in [3.05, 3.63) is 34.4 Å². The molecule has 1 aromatic rings. The quantitative estimate of drug-likeness (QED) is 0.471. The number of benzene rings is 1. The number of nitrogens with one attached hydrogen (secondary N) is 1. The summed E-state index contributed by atoms with van der Waals surface area (Å²) in [6.07, 6.45) is 0. The Balaban J connectivity index is 2.97. The van der Waals surface area contributed by atoms with Crippen molar-refractivity contribution in [3.8, 4) is 0 Å². The van der Waals surface area contributed by atoms with Crippen LogP contribution in [0.4, 0.5) is 16.2 Å². The number of amides is 4. The van der Waals surface area contributed by atoms with Crippen molar-refractivity contribution < 1.29 is 19.3 Å². The van der Waals surface area contributed by atoms with Gasteiger partial charge in [0.15, 0.2) is 0 Å². The number of non-ortho nitro benzene ring substituents is 1. The van der Waals surface area contributed by atoms with E-state index in [1.807, 2.05) is 27.7 Å². The molecule has 0 unspecified atom stereocenters. The van der Waals surface area contributed by atoms with Crippen LogP contribution in [0.25, 0.3) is 0 Å². The molecule has 0 aromatic heterocycles. The summed E-state index contributed by atoms with van der Waals surface area (Å²) in [4.78, 5) is 52.2. The van der Waals surface area contributed by atoms with E-state index in [2.05, 4.69) is 5.32 Å². The number of hydrogen-bond acceptors (Lipinski definition) is 5. The molecule has 0 spiro atoms. The van der Waals surface area contributed by atoms with Crippen molar-refractivity contribution in [2.24, 2.45) is 0 Å². The molecule has 0 saturated carbocycles. The highest BCUT2D eigenvalue weighted by Gasteiger charge is 2.24. The molecular weight excluding hydrogens is 378 g/mol. The molecule has 10 heteroatoms. The van der Waals surface area contributed by atoms with Crippen molar-refractivity contribution in [2.45, 2.75) is 27.7 Å². The van der Waals surface area contributed by atoms with Crippen LogP contribution in [-0.2, 0) is 9.59 Å². The lowest BCUT2D eigenvalue weighted by Crippen LogP contribution is -2.49. The SMILES string of the molecule is CCN(CC)C(=O)CN(CC(=O)N(CC)CC)C(=O)Nc1ccc([N+](=O)[O-])cc1. The fourth-order valence-corrected chi connectivity index (χ4v) is 2.75. The molecule has 0 saturated heterocycles. The maximum atomic E-state index is 12.7. The first-order chi connectivity index (χ1) is 13.8. The number of likely N-dealkylation sites (N-methyl/N-ethyl adjacent to an activating group) is 2. The first-order valence-corrected chi connectivity index (χ1v) is 9.63. The van der Waals surface area contributed by atoms with Gasteiger partial charge in [0, 0.05) is 44.0 Å². The van der Waals surface area contributed by atoms with Gasteiger partial charge in [0.25, 0.3) is 5.69 Å². The van der Waals surface area contributed by atoms with E-state index in [0.29, 0.717) is 31.9 Å². The summed E-state index contributed by atoms with van der Waals surface area (Å²) in [6.45, 7) is 8.85. The summed E-state index contributed by atoms with van der Waals surface area (Å²) >= 11 is 0. The first kappa shape index (κ1) is 23.9. The number of anilines is 1. The Morgan fingerprint density at radius 2 is 1.24 bits per heavy atom. The normalized spacial score (nSPS) is 10.2. The lowest BCUT2D eigenvalue weighted by atomic mass is 10.3. The Labute approximate surface area is 170 Å². The molecule has 29 heavy (non-hydrogen) atoms. The van der Waals surface area contributed by atoms with Crippen molar-refractivity contribution in [1.82, 2.24) is 14.7 Å². The largest absolute Gasteiger partial charge is 0.342 e. The Morgan fingerprint density at radius 3 is 1.59 bits per heavy atom. The number of nitro benzene ring substituents is 1. The third kappa shape index (κ3) is 7.05. The fraction of sp³-hybridized carbons (Fsp3) is 0.526. The Morgan fingerprint density at radius 1 is 0.828 bits per heavy atom. The highest BCUT2D eigenvalue weighted by molar-refractivity contribution is 5.95. The van der Waals surface area contributed by atoms with Gasteiger partial charge in [-0.2, -0.15) is 0 Å². The topological polar surface area (TPSA) is 116 Å². The summed E-state index contributed by atoms with van der Waals surface area (Å²) in [7, 11) is 0. The number of nitro groups is 1. The van der Waals surface area contributed by atoms with E-state index < -0.39 is 11.0 Å². The predicted octanol–water partition coefficient (Wildman–Crippen LogP) is 2.17. The van der Waals surface area contributed by atoms with Gasteiger partial charge in [-0.05, 0) is 39.8 Å². The Kier molecular flexibility index (Phi) is 9.57. The van der Waals surface area contributed by atoms with Gasteiger partial charge in [-0.15, -0.1) is 0 Å². The third-order valence-corrected chi connectivity index (χ3v) is 4.50. The summed E-state index contributed by atoms with van der Waals surface area (Å²) in [6, 6.07) is 4.70. The first-order valence-electron chi connectivity index (χ1n) is 9.63. The van der Waals surface area contributed by atoms with Crippen LogP contribution in [0, 0.1) is 10.1 Å². The second kappa shape index (κ2) is 11.6. The Bertz CT molecular complexity index is 688. The minimum absolute atomic E-state index is 0.103. The van der Waals surface area contributed by atoms with Crippen LogP contribution in [0.15, 0.2) is 24.3 Å². The van der Waals surface area contributed by atoms with E-state index in [9.17, 15) is 24.5 Å². The third-order valence-electron chi connectivity index (χ3n) is 4.50. The van der Waals surface area contributed by atoms with Crippen molar-refractivity contribution in [2.75, 3.05) is 44.6 Å². The Hall–Kier alpha value is -3.17. The molecule has 0 bridgehead atoms. The number of rotatable bonds is 10. The van der Waals surface area contributed by atoms with Gasteiger partial charge < -0.3 is 20.0 Å². The molecule has 1 aromatic carbocycles. The smallest absolute Gasteiger partial charge is 0.322 e. The molecular formula is C19H29N5O5. The average Bonchev–Trinajstić information content (AvgIpc) is 2.69. The standard InChI is InChI=1S/C19H29N5O5/c1-5-21(6-2)17(25)13-23(14-18(26)22(7-3)8-4)19(27)20-15-9-11-16(12-10-15)24(28)29/h9-12H,5-8,13-14H2,1-4H3,(H,20,27). The summed E-state index contributed by atoms with van der Waals surface area (Å²) in [5.41, 5.74) is 0.226. The number of urea groups is 1. The molecule has 4 amide bonds. The minimum Gasteiger partial charge on any atom is -0.342 e. The second-order valence-electron chi connectivity index (χ2n) is 6.22. The monoisotopic (exact) mass is 407 g/mol. The van der Waals surface area contributed by atoms with Crippen LogP contribution in [-0.4, -0.2) is 76.7 Å². The molecule has 0 aliphatic heterocycles. The van der Waals surface area contributed by atoms with Crippen LogP contribution in [0.2, 0.25) is 0 Å². The molecule has 0 aliphatic rings. The highest BCUT2D eigenvalue weighted by atomic mass is 16.6. The van der Waals surface area contributed by atoms with E-state index in [4.69, 9.17) is 0 Å². The second-order valence-corrected chi connectivity index (χ2v) is 6.22. The zero-order valence-electron chi connectivity index (χ0n) is 17.4. The van der Waals surface area contributed by atoms with Crippen molar-refractivity contribution in [1.29, 1.82) is 0 Å². The number of carbonyl (C=O) groups excluding carboxylic acids is 3. The summed E-state index contributed by atoms with van der Waals surface area (Å²) < 4.78 is 0. The van der Waals surface area contributed by atoms with E-state index in [-0.39, 0.29) is 30.6 Å². The van der Waals surface area contributed by atoms with E-state index in [1.165, 1.54) is 24.3 Å². The van der Waals surface area contributed by atoms with Crippen molar-refractivity contribution in [3.63, 3.8) is 0 Å². The number of nitrogens with zero attached hydrogens (tertiary/aromatic N) is 4. The van der Waals surface area contributed by atoms with Gasteiger partial charge in [-0.3, -0.25) is 19.7 Å². The van der Waals surface area contributed by atoms with E-state index >= 15 is 0 Å². The predicted molar refractivity (Wildman–Crippen MR) is 110 cm³/mol. The molecule has 160 valence electrons. The maximum absolute atomic E-state index is 12.7. The minimum atomic E-state index is -0.625. The summed E-state index contributed by atoms with van der Waals surface area (Å²) in [5, 5.41) is 13.3. The molecule has 1 N–H and O–H groups in total. The molecule has 10 nitrogen and oxygen atoms in total. The number of hydrogen-bond donors (Lipinski definition) is 1.